The quantitative estimate of drug-likeness (QED) is 0.857. The minimum Gasteiger partial charge on any atom is -0.469 e. The van der Waals surface area contributed by atoms with Crippen LogP contribution in [0.2, 0.25) is 0 Å². The summed E-state index contributed by atoms with van der Waals surface area (Å²) in [5.74, 6) is -0.951. The highest BCUT2D eigenvalue weighted by atomic mass is 19.1. The number of hydrogen-bond acceptors (Lipinski definition) is 4. The van der Waals surface area contributed by atoms with Gasteiger partial charge in [-0.1, -0.05) is 12.1 Å². The molecule has 110 valence electrons. The molecule has 0 unspecified atom stereocenters. The summed E-state index contributed by atoms with van der Waals surface area (Å²) in [5.41, 5.74) is 1.04. The molecule has 2 rings (SSSR count). The normalized spacial score (nSPS) is 10.2. The molecule has 0 atom stereocenters. The lowest BCUT2D eigenvalue weighted by Gasteiger charge is -2.06. The topological polar surface area (TPSA) is 68.5 Å². The molecule has 1 aromatic heterocycles. The number of hydrogen-bond donors (Lipinski definition) is 1. The van der Waals surface area contributed by atoms with Crippen molar-refractivity contribution in [3.63, 3.8) is 0 Å². The Labute approximate surface area is 120 Å². The third-order valence-electron chi connectivity index (χ3n) is 2.82. The summed E-state index contributed by atoms with van der Waals surface area (Å²) in [4.78, 5) is 23.2. The molecule has 0 fully saturated rings. The molecule has 0 saturated carbocycles. The van der Waals surface area contributed by atoms with Crippen LogP contribution in [0.4, 0.5) is 4.39 Å². The minimum absolute atomic E-state index is 0.238. The van der Waals surface area contributed by atoms with E-state index >= 15 is 0 Å². The first-order valence-corrected chi connectivity index (χ1v) is 6.28. The monoisotopic (exact) mass is 291 g/mol. The maximum Gasteiger partial charge on any atom is 0.342 e. The number of halogens is 1. The molecule has 1 heterocycles. The van der Waals surface area contributed by atoms with Crippen molar-refractivity contribution in [2.75, 3.05) is 6.61 Å². The van der Waals surface area contributed by atoms with Gasteiger partial charge in [0, 0.05) is 6.54 Å². The Kier molecular flexibility index (Phi) is 4.71. The average molecular weight is 291 g/mol. The summed E-state index contributed by atoms with van der Waals surface area (Å²) >= 11 is 0. The summed E-state index contributed by atoms with van der Waals surface area (Å²) in [5, 5.41) is 2.57. The van der Waals surface area contributed by atoms with Gasteiger partial charge in [0.05, 0.1) is 6.26 Å². The van der Waals surface area contributed by atoms with Crippen molar-refractivity contribution < 1.29 is 23.1 Å². The number of carbonyl (C=O) groups is 2. The highest BCUT2D eigenvalue weighted by molar-refractivity contribution is 5.92. The predicted octanol–water partition coefficient (Wildman–Crippen LogP) is 2.20. The number of amides is 1. The summed E-state index contributed by atoms with van der Waals surface area (Å²) in [7, 11) is 0. The van der Waals surface area contributed by atoms with Gasteiger partial charge >= 0.3 is 5.97 Å². The van der Waals surface area contributed by atoms with Crippen LogP contribution in [-0.2, 0) is 16.1 Å². The first-order chi connectivity index (χ1) is 10.1. The van der Waals surface area contributed by atoms with E-state index in [1.165, 1.54) is 24.5 Å². The highest BCUT2D eigenvalue weighted by Gasteiger charge is 2.14. The third kappa shape index (κ3) is 4.17. The van der Waals surface area contributed by atoms with Crippen LogP contribution in [0.25, 0.3) is 0 Å². The lowest BCUT2D eigenvalue weighted by atomic mass is 10.2. The largest absolute Gasteiger partial charge is 0.469 e. The zero-order valence-corrected chi connectivity index (χ0v) is 11.4. The predicted molar refractivity (Wildman–Crippen MR) is 72.0 cm³/mol. The van der Waals surface area contributed by atoms with E-state index in [4.69, 9.17) is 9.15 Å². The molecule has 0 aliphatic carbocycles. The van der Waals surface area contributed by atoms with Gasteiger partial charge in [0.2, 0.25) is 0 Å². The molecule has 0 aliphatic rings. The van der Waals surface area contributed by atoms with Crippen molar-refractivity contribution in [2.24, 2.45) is 0 Å². The molecule has 0 saturated heterocycles. The van der Waals surface area contributed by atoms with E-state index in [1.54, 1.807) is 19.1 Å². The number of furan rings is 1. The summed E-state index contributed by atoms with van der Waals surface area (Å²) in [6.45, 7) is 1.48. The Morgan fingerprint density at radius 2 is 1.95 bits per heavy atom. The van der Waals surface area contributed by atoms with Gasteiger partial charge in [-0.05, 0) is 30.7 Å². The fourth-order valence-electron chi connectivity index (χ4n) is 1.66. The van der Waals surface area contributed by atoms with Gasteiger partial charge in [-0.25, -0.2) is 9.18 Å². The van der Waals surface area contributed by atoms with Gasteiger partial charge in [-0.2, -0.15) is 0 Å². The summed E-state index contributed by atoms with van der Waals surface area (Å²) in [6, 6.07) is 7.23. The fourth-order valence-corrected chi connectivity index (χ4v) is 1.66. The molecule has 1 N–H and O–H groups in total. The molecule has 5 nitrogen and oxygen atoms in total. The SMILES string of the molecule is Cc1occc1C(=O)OCC(=O)NCc1ccc(F)cc1. The van der Waals surface area contributed by atoms with Crippen LogP contribution in [0, 0.1) is 12.7 Å². The summed E-state index contributed by atoms with van der Waals surface area (Å²) < 4.78 is 22.6. The second-order valence-corrected chi connectivity index (χ2v) is 4.37. The Balaban J connectivity index is 1.76. The van der Waals surface area contributed by atoms with Crippen LogP contribution in [-0.4, -0.2) is 18.5 Å². The van der Waals surface area contributed by atoms with Crippen molar-refractivity contribution in [3.8, 4) is 0 Å². The third-order valence-corrected chi connectivity index (χ3v) is 2.82. The molecule has 0 aliphatic heterocycles. The number of ether oxygens (including phenoxy) is 1. The van der Waals surface area contributed by atoms with E-state index in [0.29, 0.717) is 11.3 Å². The van der Waals surface area contributed by atoms with Crippen LogP contribution < -0.4 is 5.32 Å². The number of nitrogens with one attached hydrogen (secondary N) is 1. The van der Waals surface area contributed by atoms with Gasteiger partial charge in [0.15, 0.2) is 6.61 Å². The van der Waals surface area contributed by atoms with Gasteiger partial charge in [-0.15, -0.1) is 0 Å². The van der Waals surface area contributed by atoms with Crippen molar-refractivity contribution in [2.45, 2.75) is 13.5 Å². The van der Waals surface area contributed by atoms with Crippen molar-refractivity contribution in [1.29, 1.82) is 0 Å². The molecule has 0 radical (unpaired) electrons. The van der Waals surface area contributed by atoms with Crippen LogP contribution in [0.15, 0.2) is 41.0 Å². The first-order valence-electron chi connectivity index (χ1n) is 6.28. The lowest BCUT2D eigenvalue weighted by Crippen LogP contribution is -2.28. The number of benzene rings is 1. The van der Waals surface area contributed by atoms with Crippen LogP contribution in [0.1, 0.15) is 21.7 Å². The van der Waals surface area contributed by atoms with Crippen LogP contribution >= 0.6 is 0 Å². The zero-order valence-electron chi connectivity index (χ0n) is 11.4. The van der Waals surface area contributed by atoms with Crippen LogP contribution in [0.3, 0.4) is 0 Å². The van der Waals surface area contributed by atoms with Gasteiger partial charge in [0.25, 0.3) is 5.91 Å². The van der Waals surface area contributed by atoms with Gasteiger partial charge in [-0.3, -0.25) is 4.79 Å². The van der Waals surface area contributed by atoms with Crippen molar-refractivity contribution in [3.05, 3.63) is 59.3 Å². The molecule has 21 heavy (non-hydrogen) atoms. The molecular formula is C15H14FNO4. The second kappa shape index (κ2) is 6.69. The smallest absolute Gasteiger partial charge is 0.342 e. The Morgan fingerprint density at radius 3 is 2.57 bits per heavy atom. The molecular weight excluding hydrogens is 277 g/mol. The van der Waals surface area contributed by atoms with Crippen molar-refractivity contribution >= 4 is 11.9 Å². The zero-order chi connectivity index (χ0) is 15.2. The van der Waals surface area contributed by atoms with Gasteiger partial charge in [0.1, 0.15) is 17.1 Å². The highest BCUT2D eigenvalue weighted by Crippen LogP contribution is 2.09. The number of carbonyl (C=O) groups excluding carboxylic acids is 2. The number of rotatable bonds is 5. The maximum atomic E-state index is 12.7. The van der Waals surface area contributed by atoms with E-state index in [2.05, 4.69) is 5.32 Å². The van der Waals surface area contributed by atoms with E-state index in [1.807, 2.05) is 0 Å². The van der Waals surface area contributed by atoms with E-state index in [0.717, 1.165) is 5.56 Å². The minimum atomic E-state index is -0.613. The standard InChI is InChI=1S/C15H14FNO4/c1-10-13(6-7-20-10)15(19)21-9-14(18)17-8-11-2-4-12(16)5-3-11/h2-7H,8-9H2,1H3,(H,17,18). The maximum absolute atomic E-state index is 12.7. The average Bonchev–Trinajstić information content (AvgIpc) is 2.90. The van der Waals surface area contributed by atoms with E-state index < -0.39 is 11.9 Å². The second-order valence-electron chi connectivity index (χ2n) is 4.37. The molecule has 1 amide bonds. The Morgan fingerprint density at radius 1 is 1.24 bits per heavy atom. The molecule has 0 spiro atoms. The molecule has 6 heteroatoms. The lowest BCUT2D eigenvalue weighted by molar-refractivity contribution is -0.124. The number of aryl methyl sites for hydroxylation is 1. The van der Waals surface area contributed by atoms with Gasteiger partial charge < -0.3 is 14.5 Å². The van der Waals surface area contributed by atoms with Crippen molar-refractivity contribution in [1.82, 2.24) is 5.32 Å². The number of esters is 1. The molecule has 0 bridgehead atoms. The Hall–Kier alpha value is -2.63. The molecule has 2 aromatic rings. The first kappa shape index (κ1) is 14.8. The van der Waals surface area contributed by atoms with Crippen LogP contribution in [0.5, 0.6) is 0 Å². The fraction of sp³-hybridized carbons (Fsp3) is 0.200. The molecule has 1 aromatic carbocycles. The van der Waals surface area contributed by atoms with E-state index in [9.17, 15) is 14.0 Å². The van der Waals surface area contributed by atoms with E-state index in [-0.39, 0.29) is 19.0 Å². The summed E-state index contributed by atoms with van der Waals surface area (Å²) in [6.07, 6.45) is 1.38. The Bertz CT molecular complexity index is 633.